The molecular formula is C21H32FN5O. The molecule has 7 heteroatoms. The van der Waals surface area contributed by atoms with Crippen molar-refractivity contribution < 1.29 is 9.18 Å². The van der Waals surface area contributed by atoms with Crippen molar-refractivity contribution in [2.24, 2.45) is 10.9 Å². The third-order valence-electron chi connectivity index (χ3n) is 5.71. The number of halogens is 1. The maximum atomic E-state index is 13.0. The number of nitrogens with one attached hydrogen (secondary N) is 2. The number of benzene rings is 1. The Morgan fingerprint density at radius 1 is 1.11 bits per heavy atom. The molecule has 1 saturated heterocycles. The fourth-order valence-corrected chi connectivity index (χ4v) is 3.96. The van der Waals surface area contributed by atoms with Crippen LogP contribution in [0.3, 0.4) is 0 Å². The van der Waals surface area contributed by atoms with Crippen LogP contribution in [0.15, 0.2) is 29.3 Å². The van der Waals surface area contributed by atoms with E-state index in [4.69, 9.17) is 0 Å². The predicted molar refractivity (Wildman–Crippen MR) is 110 cm³/mol. The third-order valence-corrected chi connectivity index (χ3v) is 5.71. The number of hydrogen-bond donors (Lipinski definition) is 2. The van der Waals surface area contributed by atoms with Crippen LogP contribution in [0, 0.1) is 11.7 Å². The summed E-state index contributed by atoms with van der Waals surface area (Å²) in [4.78, 5) is 21.2. The largest absolute Gasteiger partial charge is 0.355 e. The van der Waals surface area contributed by atoms with Gasteiger partial charge in [-0.1, -0.05) is 25.0 Å². The van der Waals surface area contributed by atoms with Gasteiger partial charge in [0.15, 0.2) is 5.96 Å². The zero-order chi connectivity index (χ0) is 19.8. The van der Waals surface area contributed by atoms with E-state index in [-0.39, 0.29) is 11.7 Å². The molecule has 28 heavy (non-hydrogen) atoms. The second kappa shape index (κ2) is 10.4. The molecule has 154 valence electrons. The van der Waals surface area contributed by atoms with Crippen molar-refractivity contribution in [3.63, 3.8) is 0 Å². The van der Waals surface area contributed by atoms with Crippen LogP contribution in [0.25, 0.3) is 0 Å². The lowest BCUT2D eigenvalue weighted by Crippen LogP contribution is -2.51. The molecule has 1 aromatic rings. The Morgan fingerprint density at radius 3 is 2.43 bits per heavy atom. The molecule has 1 aliphatic heterocycles. The number of guanidine groups is 1. The molecule has 1 aromatic carbocycles. The first-order valence-corrected chi connectivity index (χ1v) is 10.4. The molecule has 1 heterocycles. The molecule has 1 saturated carbocycles. The summed E-state index contributed by atoms with van der Waals surface area (Å²) in [5.74, 6) is 1.17. The van der Waals surface area contributed by atoms with Crippen molar-refractivity contribution in [2.75, 3.05) is 46.3 Å². The summed E-state index contributed by atoms with van der Waals surface area (Å²) >= 11 is 0. The van der Waals surface area contributed by atoms with Crippen LogP contribution in [-0.2, 0) is 11.3 Å². The SMILES string of the molecule is CN=C(NCCN1CCN(C(=O)C2CCCC2)CC1)NCc1ccc(F)cc1. The van der Waals surface area contributed by atoms with Crippen molar-refractivity contribution in [1.82, 2.24) is 20.4 Å². The topological polar surface area (TPSA) is 60.0 Å². The van der Waals surface area contributed by atoms with E-state index >= 15 is 0 Å². The molecule has 0 aromatic heterocycles. The minimum absolute atomic E-state index is 0.226. The van der Waals surface area contributed by atoms with Gasteiger partial charge in [0.05, 0.1) is 0 Å². The van der Waals surface area contributed by atoms with Crippen LogP contribution in [0.4, 0.5) is 4.39 Å². The lowest BCUT2D eigenvalue weighted by atomic mass is 10.1. The molecule has 6 nitrogen and oxygen atoms in total. The van der Waals surface area contributed by atoms with Gasteiger partial charge in [-0.2, -0.15) is 0 Å². The van der Waals surface area contributed by atoms with E-state index in [9.17, 15) is 9.18 Å². The predicted octanol–water partition coefficient (Wildman–Crippen LogP) is 1.83. The lowest BCUT2D eigenvalue weighted by molar-refractivity contribution is -0.137. The van der Waals surface area contributed by atoms with Gasteiger partial charge in [0, 0.05) is 58.8 Å². The van der Waals surface area contributed by atoms with Crippen molar-refractivity contribution in [1.29, 1.82) is 0 Å². The first-order valence-electron chi connectivity index (χ1n) is 10.4. The van der Waals surface area contributed by atoms with Crippen LogP contribution in [0.1, 0.15) is 31.2 Å². The third kappa shape index (κ3) is 5.92. The number of aliphatic imine (C=N–C) groups is 1. The minimum atomic E-state index is -0.226. The van der Waals surface area contributed by atoms with Crippen LogP contribution in [0.5, 0.6) is 0 Å². The number of hydrogen-bond acceptors (Lipinski definition) is 3. The number of amides is 1. The van der Waals surface area contributed by atoms with Gasteiger partial charge in [-0.3, -0.25) is 14.7 Å². The van der Waals surface area contributed by atoms with Crippen molar-refractivity contribution in [3.8, 4) is 0 Å². The van der Waals surface area contributed by atoms with Crippen molar-refractivity contribution in [3.05, 3.63) is 35.6 Å². The summed E-state index contributed by atoms with van der Waals surface area (Å²) in [6.45, 7) is 5.85. The fraction of sp³-hybridized carbons (Fsp3) is 0.619. The van der Waals surface area contributed by atoms with E-state index < -0.39 is 0 Å². The maximum Gasteiger partial charge on any atom is 0.225 e. The number of carbonyl (C=O) groups is 1. The molecule has 0 radical (unpaired) electrons. The number of nitrogens with zero attached hydrogens (tertiary/aromatic N) is 3. The molecular weight excluding hydrogens is 357 g/mol. The normalized spacial score (nSPS) is 19.1. The standard InChI is InChI=1S/C21H32FN5O/c1-23-21(25-16-17-6-8-19(22)9-7-17)24-10-11-26-12-14-27(15-13-26)20(28)18-4-2-3-5-18/h6-9,18H,2-5,10-16H2,1H3,(H2,23,24,25). The van der Waals surface area contributed by atoms with Gasteiger partial charge in [-0.05, 0) is 30.5 Å². The van der Waals surface area contributed by atoms with Crippen LogP contribution in [-0.4, -0.2) is 68.0 Å². The molecule has 2 N–H and O–H groups in total. The summed E-state index contributed by atoms with van der Waals surface area (Å²) < 4.78 is 13.0. The van der Waals surface area contributed by atoms with Crippen molar-refractivity contribution in [2.45, 2.75) is 32.2 Å². The summed E-state index contributed by atoms with van der Waals surface area (Å²) in [5.41, 5.74) is 1.01. The van der Waals surface area contributed by atoms with E-state index in [2.05, 4.69) is 25.4 Å². The summed E-state index contributed by atoms with van der Waals surface area (Å²) in [6, 6.07) is 6.46. The quantitative estimate of drug-likeness (QED) is 0.576. The molecule has 3 rings (SSSR count). The molecule has 0 unspecified atom stereocenters. The number of piperazine rings is 1. The smallest absolute Gasteiger partial charge is 0.225 e. The van der Waals surface area contributed by atoms with E-state index in [0.717, 1.165) is 63.6 Å². The van der Waals surface area contributed by atoms with Crippen LogP contribution < -0.4 is 10.6 Å². The van der Waals surface area contributed by atoms with Gasteiger partial charge in [-0.25, -0.2) is 4.39 Å². The van der Waals surface area contributed by atoms with Crippen molar-refractivity contribution >= 4 is 11.9 Å². The van der Waals surface area contributed by atoms with Gasteiger partial charge in [0.1, 0.15) is 5.82 Å². The summed E-state index contributed by atoms with van der Waals surface area (Å²) in [7, 11) is 1.74. The Hall–Kier alpha value is -2.15. The summed E-state index contributed by atoms with van der Waals surface area (Å²) in [6.07, 6.45) is 4.57. The van der Waals surface area contributed by atoms with Crippen LogP contribution in [0.2, 0.25) is 0 Å². The van der Waals surface area contributed by atoms with E-state index in [1.807, 2.05) is 0 Å². The summed E-state index contributed by atoms with van der Waals surface area (Å²) in [5, 5.41) is 6.56. The van der Waals surface area contributed by atoms with Gasteiger partial charge in [-0.15, -0.1) is 0 Å². The molecule has 2 aliphatic rings. The second-order valence-electron chi connectivity index (χ2n) is 7.63. The Bertz CT molecular complexity index is 649. The average molecular weight is 390 g/mol. The average Bonchev–Trinajstić information content (AvgIpc) is 3.26. The van der Waals surface area contributed by atoms with Gasteiger partial charge < -0.3 is 15.5 Å². The lowest BCUT2D eigenvalue weighted by Gasteiger charge is -2.36. The fourth-order valence-electron chi connectivity index (χ4n) is 3.96. The Labute approximate surface area is 167 Å². The minimum Gasteiger partial charge on any atom is -0.355 e. The van der Waals surface area contributed by atoms with Gasteiger partial charge in [0.25, 0.3) is 0 Å². The number of carbonyl (C=O) groups excluding carboxylic acids is 1. The van der Waals surface area contributed by atoms with E-state index in [0.29, 0.717) is 12.5 Å². The molecule has 2 fully saturated rings. The molecule has 0 atom stereocenters. The highest BCUT2D eigenvalue weighted by Gasteiger charge is 2.29. The zero-order valence-corrected chi connectivity index (χ0v) is 16.8. The van der Waals surface area contributed by atoms with Gasteiger partial charge in [0.2, 0.25) is 5.91 Å². The van der Waals surface area contributed by atoms with Gasteiger partial charge >= 0.3 is 0 Å². The second-order valence-corrected chi connectivity index (χ2v) is 7.63. The maximum absolute atomic E-state index is 13.0. The highest BCUT2D eigenvalue weighted by atomic mass is 19.1. The Kier molecular flexibility index (Phi) is 7.65. The monoisotopic (exact) mass is 389 g/mol. The molecule has 1 amide bonds. The first kappa shape index (κ1) is 20.6. The first-order chi connectivity index (χ1) is 13.7. The van der Waals surface area contributed by atoms with Crippen LogP contribution >= 0.6 is 0 Å². The van der Waals surface area contributed by atoms with E-state index in [1.165, 1.54) is 25.0 Å². The molecule has 1 aliphatic carbocycles. The Morgan fingerprint density at radius 2 is 1.79 bits per heavy atom. The molecule has 0 bridgehead atoms. The molecule has 0 spiro atoms. The highest BCUT2D eigenvalue weighted by Crippen LogP contribution is 2.26. The highest BCUT2D eigenvalue weighted by molar-refractivity contribution is 5.79. The Balaban J connectivity index is 1.32. The van der Waals surface area contributed by atoms with E-state index in [1.54, 1.807) is 19.2 Å². The number of rotatable bonds is 6. The zero-order valence-electron chi connectivity index (χ0n) is 16.8.